The molecule has 0 radical (unpaired) electrons. The van der Waals surface area contributed by atoms with Gasteiger partial charge in [-0.3, -0.25) is 9.59 Å². The van der Waals surface area contributed by atoms with E-state index in [9.17, 15) is 9.59 Å². The molecule has 0 atom stereocenters. The highest BCUT2D eigenvalue weighted by Crippen LogP contribution is 2.43. The van der Waals surface area contributed by atoms with Crippen molar-refractivity contribution in [3.63, 3.8) is 0 Å². The molecule has 1 aromatic carbocycles. The minimum absolute atomic E-state index is 0.119. The number of nitrogens with one attached hydrogen (secondary N) is 1. The van der Waals surface area contributed by atoms with E-state index in [1.54, 1.807) is 0 Å². The van der Waals surface area contributed by atoms with Gasteiger partial charge in [0.05, 0.1) is 0 Å². The van der Waals surface area contributed by atoms with Crippen molar-refractivity contribution >= 4 is 5.91 Å². The Bertz CT molecular complexity index is 916. The number of aromatic nitrogens is 2. The molecule has 1 N–H and O–H groups in total. The van der Waals surface area contributed by atoms with Crippen LogP contribution in [0, 0.1) is 0 Å². The van der Waals surface area contributed by atoms with Crippen LogP contribution in [0.5, 0.6) is 11.5 Å². The normalized spacial score (nSPS) is 17.5. The topological polar surface area (TPSA) is 82.5 Å². The summed E-state index contributed by atoms with van der Waals surface area (Å²) < 4.78 is 12.5. The Morgan fingerprint density at radius 1 is 1.15 bits per heavy atom. The van der Waals surface area contributed by atoms with Gasteiger partial charge in [-0.15, -0.1) is 0 Å². The van der Waals surface area contributed by atoms with Crippen molar-refractivity contribution < 1.29 is 14.3 Å². The van der Waals surface area contributed by atoms with Crippen LogP contribution in [0.3, 0.4) is 0 Å². The minimum Gasteiger partial charge on any atom is -0.486 e. The molecule has 1 amide bonds. The molecule has 0 bridgehead atoms. The van der Waals surface area contributed by atoms with E-state index in [1.165, 1.54) is 23.9 Å². The Hall–Kier alpha value is -2.83. The summed E-state index contributed by atoms with van der Waals surface area (Å²) in [6, 6.07) is 8.91. The molecule has 0 saturated heterocycles. The van der Waals surface area contributed by atoms with Gasteiger partial charge in [0.2, 0.25) is 0 Å². The van der Waals surface area contributed by atoms with Gasteiger partial charge in [0, 0.05) is 25.1 Å². The maximum absolute atomic E-state index is 12.5. The molecule has 1 fully saturated rings. The second-order valence-electron chi connectivity index (χ2n) is 7.21. The molecule has 1 saturated carbocycles. The number of benzene rings is 1. The number of aryl methyl sites for hydroxylation is 1. The second kappa shape index (κ2) is 7.06. The quantitative estimate of drug-likeness (QED) is 0.889. The zero-order chi connectivity index (χ0) is 18.9. The predicted molar refractivity (Wildman–Crippen MR) is 99.4 cm³/mol. The molecule has 7 heteroatoms. The lowest BCUT2D eigenvalue weighted by Gasteiger charge is -2.31. The van der Waals surface area contributed by atoms with E-state index in [-0.39, 0.29) is 22.6 Å². The molecule has 7 nitrogen and oxygen atoms in total. The van der Waals surface area contributed by atoms with Crippen LogP contribution in [0.4, 0.5) is 0 Å². The standard InChI is InChI=1S/C20H23N3O4/c1-23-18(24)7-5-15(22-23)19(25)21-13-20(8-2-3-9-20)14-4-6-16-17(12-14)27-11-10-26-16/h4-7,12H,2-3,8-11,13H2,1H3,(H,21,25). The van der Waals surface area contributed by atoms with Crippen molar-refractivity contribution in [3.05, 3.63) is 51.9 Å². The maximum Gasteiger partial charge on any atom is 0.271 e. The third-order valence-corrected chi connectivity index (χ3v) is 5.50. The molecule has 0 spiro atoms. The number of hydrogen-bond acceptors (Lipinski definition) is 5. The number of carbonyl (C=O) groups is 1. The highest BCUT2D eigenvalue weighted by Gasteiger charge is 2.37. The Morgan fingerprint density at radius 3 is 2.63 bits per heavy atom. The van der Waals surface area contributed by atoms with E-state index in [0.29, 0.717) is 19.8 Å². The zero-order valence-electron chi connectivity index (χ0n) is 15.4. The molecule has 2 aliphatic rings. The first-order valence-electron chi connectivity index (χ1n) is 9.30. The smallest absolute Gasteiger partial charge is 0.271 e. The Labute approximate surface area is 157 Å². The average molecular weight is 369 g/mol. The largest absolute Gasteiger partial charge is 0.486 e. The highest BCUT2D eigenvalue weighted by atomic mass is 16.6. The number of carbonyl (C=O) groups excluding carboxylic acids is 1. The van der Waals surface area contributed by atoms with Gasteiger partial charge in [-0.2, -0.15) is 5.10 Å². The second-order valence-corrected chi connectivity index (χ2v) is 7.21. The van der Waals surface area contributed by atoms with Gasteiger partial charge >= 0.3 is 0 Å². The fourth-order valence-electron chi connectivity index (χ4n) is 3.96. The van der Waals surface area contributed by atoms with E-state index in [4.69, 9.17) is 9.47 Å². The first kappa shape index (κ1) is 17.6. The van der Waals surface area contributed by atoms with E-state index in [0.717, 1.165) is 42.7 Å². The van der Waals surface area contributed by atoms with Gasteiger partial charge in [0.1, 0.15) is 18.9 Å². The first-order valence-corrected chi connectivity index (χ1v) is 9.30. The summed E-state index contributed by atoms with van der Waals surface area (Å²) in [4.78, 5) is 24.0. The van der Waals surface area contributed by atoms with Crippen LogP contribution in [0.2, 0.25) is 0 Å². The summed E-state index contributed by atoms with van der Waals surface area (Å²) in [7, 11) is 1.53. The van der Waals surface area contributed by atoms with Crippen LogP contribution in [-0.2, 0) is 12.5 Å². The van der Waals surface area contributed by atoms with Crippen molar-refractivity contribution in [1.82, 2.24) is 15.1 Å². The fourth-order valence-corrected chi connectivity index (χ4v) is 3.96. The Balaban J connectivity index is 1.54. The van der Waals surface area contributed by atoms with E-state index in [1.807, 2.05) is 6.07 Å². The SMILES string of the molecule is Cn1nc(C(=O)NCC2(c3ccc4c(c3)OCCO4)CCCC2)ccc1=O. The number of amides is 1. The van der Waals surface area contributed by atoms with Crippen molar-refractivity contribution in [2.24, 2.45) is 7.05 Å². The average Bonchev–Trinajstić information content (AvgIpc) is 3.18. The van der Waals surface area contributed by atoms with Gasteiger partial charge in [0.25, 0.3) is 11.5 Å². The van der Waals surface area contributed by atoms with Gasteiger partial charge in [-0.1, -0.05) is 18.9 Å². The zero-order valence-corrected chi connectivity index (χ0v) is 15.4. The predicted octanol–water partition coefficient (Wildman–Crippen LogP) is 1.79. The highest BCUT2D eigenvalue weighted by molar-refractivity contribution is 5.92. The van der Waals surface area contributed by atoms with Crippen molar-refractivity contribution in [2.45, 2.75) is 31.1 Å². The van der Waals surface area contributed by atoms with Crippen molar-refractivity contribution in [3.8, 4) is 11.5 Å². The van der Waals surface area contributed by atoms with Gasteiger partial charge < -0.3 is 14.8 Å². The molecule has 1 aliphatic carbocycles. The summed E-state index contributed by atoms with van der Waals surface area (Å²) in [6.07, 6.45) is 4.27. The molecular formula is C20H23N3O4. The summed E-state index contributed by atoms with van der Waals surface area (Å²) >= 11 is 0. The summed E-state index contributed by atoms with van der Waals surface area (Å²) in [5.41, 5.74) is 1.05. The third-order valence-electron chi connectivity index (χ3n) is 5.50. The Kier molecular flexibility index (Phi) is 4.59. The van der Waals surface area contributed by atoms with Gasteiger partial charge in [-0.25, -0.2) is 4.68 Å². The van der Waals surface area contributed by atoms with Crippen molar-refractivity contribution in [1.29, 1.82) is 0 Å². The first-order chi connectivity index (χ1) is 13.1. The fraction of sp³-hybridized carbons (Fsp3) is 0.450. The monoisotopic (exact) mass is 369 g/mol. The molecule has 2 aromatic rings. The molecule has 27 heavy (non-hydrogen) atoms. The number of hydrogen-bond donors (Lipinski definition) is 1. The molecule has 1 aromatic heterocycles. The Morgan fingerprint density at radius 2 is 1.89 bits per heavy atom. The third kappa shape index (κ3) is 3.41. The lowest BCUT2D eigenvalue weighted by molar-refractivity contribution is 0.0935. The lowest BCUT2D eigenvalue weighted by atomic mass is 9.78. The number of rotatable bonds is 4. The summed E-state index contributed by atoms with van der Waals surface area (Å²) in [6.45, 7) is 1.65. The molecule has 4 rings (SSSR count). The molecular weight excluding hydrogens is 346 g/mol. The summed E-state index contributed by atoms with van der Waals surface area (Å²) in [5.74, 6) is 1.28. The van der Waals surface area contributed by atoms with Crippen LogP contribution in [0.15, 0.2) is 35.1 Å². The molecule has 1 aliphatic heterocycles. The number of fused-ring (bicyclic) bond motifs is 1. The maximum atomic E-state index is 12.5. The van der Waals surface area contributed by atoms with Crippen LogP contribution < -0.4 is 20.3 Å². The van der Waals surface area contributed by atoms with E-state index < -0.39 is 0 Å². The van der Waals surface area contributed by atoms with Gasteiger partial charge in [-0.05, 0) is 36.6 Å². The van der Waals surface area contributed by atoms with Crippen LogP contribution in [0.25, 0.3) is 0 Å². The van der Waals surface area contributed by atoms with Crippen LogP contribution >= 0.6 is 0 Å². The van der Waals surface area contributed by atoms with E-state index in [2.05, 4.69) is 22.5 Å². The molecule has 2 heterocycles. The molecule has 0 unspecified atom stereocenters. The number of ether oxygens (including phenoxy) is 2. The van der Waals surface area contributed by atoms with Crippen LogP contribution in [-0.4, -0.2) is 35.4 Å². The minimum atomic E-state index is -0.269. The van der Waals surface area contributed by atoms with Crippen molar-refractivity contribution in [2.75, 3.05) is 19.8 Å². The number of nitrogens with zero attached hydrogens (tertiary/aromatic N) is 2. The van der Waals surface area contributed by atoms with E-state index >= 15 is 0 Å². The van der Waals surface area contributed by atoms with Crippen LogP contribution in [0.1, 0.15) is 41.7 Å². The molecule has 142 valence electrons. The van der Waals surface area contributed by atoms with Gasteiger partial charge in [0.15, 0.2) is 11.5 Å². The summed E-state index contributed by atoms with van der Waals surface area (Å²) in [5, 5.41) is 7.04. The lowest BCUT2D eigenvalue weighted by Crippen LogP contribution is -2.40.